The van der Waals surface area contributed by atoms with Crippen molar-refractivity contribution >= 4 is 5.97 Å². The molecule has 0 aliphatic heterocycles. The third kappa shape index (κ3) is 29.0. The van der Waals surface area contributed by atoms with Gasteiger partial charge in [-0.3, -0.25) is 4.79 Å². The Hall–Kier alpha value is -1.05. The first kappa shape index (κ1) is 33.0. The van der Waals surface area contributed by atoms with Crippen LogP contribution >= 0.6 is 0 Å². The fourth-order valence-electron chi connectivity index (χ4n) is 4.28. The number of carbonyl (C=O) groups is 1. The maximum atomic E-state index is 11.8. The topological polar surface area (TPSA) is 26.3 Å². The second kappa shape index (κ2) is 30.0. The molecule has 0 bridgehead atoms. The Morgan fingerprint density at radius 1 is 0.500 bits per heavy atom. The largest absolute Gasteiger partial charge is 0.466 e. The Kier molecular flexibility index (Phi) is 29.1. The molecule has 0 amide bonds. The first-order chi connectivity index (χ1) is 16.8. The van der Waals surface area contributed by atoms with Gasteiger partial charge in [0.2, 0.25) is 0 Å². The molecule has 2 nitrogen and oxygen atoms in total. The van der Waals surface area contributed by atoms with Gasteiger partial charge in [-0.25, -0.2) is 0 Å². The summed E-state index contributed by atoms with van der Waals surface area (Å²) in [5.41, 5.74) is 0. The van der Waals surface area contributed by atoms with E-state index in [-0.39, 0.29) is 5.97 Å². The van der Waals surface area contributed by atoms with Gasteiger partial charge in [-0.05, 0) is 44.9 Å². The van der Waals surface area contributed by atoms with E-state index < -0.39 is 0 Å². The molecular weight excluding hydrogens is 416 g/mol. The van der Waals surface area contributed by atoms with Gasteiger partial charge in [-0.1, -0.05) is 141 Å². The Bertz CT molecular complexity index is 452. The normalized spacial score (nSPS) is 11.7. The number of carbonyl (C=O) groups excluding carboxylic acids is 1. The van der Waals surface area contributed by atoms with Crippen LogP contribution in [-0.2, 0) is 9.53 Å². The summed E-state index contributed by atoms with van der Waals surface area (Å²) in [6, 6.07) is 0. The second-order valence-electron chi connectivity index (χ2n) is 10.1. The second-order valence-corrected chi connectivity index (χ2v) is 10.1. The number of esters is 1. The number of allylic oxidation sites excluding steroid dienone is 4. The minimum atomic E-state index is 0.0125. The highest BCUT2D eigenvalue weighted by Crippen LogP contribution is 2.12. The van der Waals surface area contributed by atoms with Crippen molar-refractivity contribution in [2.45, 2.75) is 168 Å². The summed E-state index contributed by atoms with van der Waals surface area (Å²) >= 11 is 0. The fraction of sp³-hybridized carbons (Fsp3) is 0.844. The lowest BCUT2D eigenvalue weighted by Crippen LogP contribution is -2.05. The zero-order chi connectivity index (χ0) is 24.8. The molecule has 0 aliphatic rings. The third-order valence-corrected chi connectivity index (χ3v) is 6.59. The number of ether oxygens (including phenoxy) is 1. The van der Waals surface area contributed by atoms with Crippen molar-refractivity contribution in [1.82, 2.24) is 0 Å². The molecule has 0 fully saturated rings. The van der Waals surface area contributed by atoms with Gasteiger partial charge in [0, 0.05) is 6.42 Å². The number of hydrogen-bond donors (Lipinski definition) is 0. The molecule has 2 heteroatoms. The molecule has 0 saturated carbocycles. The molecule has 0 aliphatic carbocycles. The van der Waals surface area contributed by atoms with E-state index in [1.165, 1.54) is 128 Å². The monoisotopic (exact) mass is 476 g/mol. The molecule has 0 atom stereocenters. The van der Waals surface area contributed by atoms with Crippen molar-refractivity contribution in [3.63, 3.8) is 0 Å². The lowest BCUT2D eigenvalue weighted by molar-refractivity contribution is -0.143. The van der Waals surface area contributed by atoms with E-state index >= 15 is 0 Å². The van der Waals surface area contributed by atoms with Crippen LogP contribution in [0.15, 0.2) is 24.3 Å². The van der Waals surface area contributed by atoms with Crippen LogP contribution in [0.3, 0.4) is 0 Å². The van der Waals surface area contributed by atoms with Crippen molar-refractivity contribution in [3.05, 3.63) is 24.3 Å². The smallest absolute Gasteiger partial charge is 0.305 e. The Morgan fingerprint density at radius 3 is 1.47 bits per heavy atom. The van der Waals surface area contributed by atoms with E-state index in [4.69, 9.17) is 4.74 Å². The molecule has 0 N–H and O–H groups in total. The van der Waals surface area contributed by atoms with Gasteiger partial charge in [-0.15, -0.1) is 0 Å². The highest BCUT2D eigenvalue weighted by Gasteiger charge is 2.02. The summed E-state index contributed by atoms with van der Waals surface area (Å²) in [7, 11) is 0. The van der Waals surface area contributed by atoms with E-state index in [1.54, 1.807) is 0 Å². The van der Waals surface area contributed by atoms with Gasteiger partial charge < -0.3 is 4.74 Å². The van der Waals surface area contributed by atoms with E-state index in [2.05, 4.69) is 38.2 Å². The maximum absolute atomic E-state index is 11.8. The van der Waals surface area contributed by atoms with Crippen molar-refractivity contribution in [2.24, 2.45) is 0 Å². The van der Waals surface area contributed by atoms with Crippen LogP contribution in [0.4, 0.5) is 0 Å². The van der Waals surface area contributed by atoms with Crippen LogP contribution in [0.2, 0.25) is 0 Å². The molecule has 0 rings (SSSR count). The predicted molar refractivity (Wildman–Crippen MR) is 151 cm³/mol. The molecular formula is C32H60O2. The highest BCUT2D eigenvalue weighted by atomic mass is 16.5. The lowest BCUT2D eigenvalue weighted by atomic mass is 10.1. The van der Waals surface area contributed by atoms with Gasteiger partial charge in [0.25, 0.3) is 0 Å². The molecule has 0 aromatic rings. The molecule has 0 unspecified atom stereocenters. The highest BCUT2D eigenvalue weighted by molar-refractivity contribution is 5.69. The van der Waals surface area contributed by atoms with Crippen LogP contribution in [0.5, 0.6) is 0 Å². The summed E-state index contributed by atoms with van der Waals surface area (Å²) in [5, 5.41) is 0. The van der Waals surface area contributed by atoms with Crippen LogP contribution in [0, 0.1) is 0 Å². The summed E-state index contributed by atoms with van der Waals surface area (Å²) in [4.78, 5) is 11.8. The van der Waals surface area contributed by atoms with Crippen molar-refractivity contribution in [3.8, 4) is 0 Å². The Labute approximate surface area is 214 Å². The SMILES string of the molecule is CCCCCC=CCC=CCCCCCCCCOC(=O)CCCCCCCCCCCCC. The van der Waals surface area contributed by atoms with Crippen molar-refractivity contribution < 1.29 is 9.53 Å². The summed E-state index contributed by atoms with van der Waals surface area (Å²) < 4.78 is 5.40. The molecule has 0 heterocycles. The molecule has 0 saturated heterocycles. The molecule has 0 aromatic heterocycles. The number of rotatable bonds is 27. The molecule has 200 valence electrons. The van der Waals surface area contributed by atoms with Gasteiger partial charge in [0.05, 0.1) is 6.61 Å². The standard InChI is InChI=1S/C32H60O2/c1-3-5-7-9-11-13-15-16-17-18-19-21-23-25-27-29-31-34-32(33)30-28-26-24-22-20-14-12-10-8-6-4-2/h11,13,16-17H,3-10,12,14-15,18-31H2,1-2H3. The van der Waals surface area contributed by atoms with Crippen LogP contribution in [0.25, 0.3) is 0 Å². The van der Waals surface area contributed by atoms with Crippen molar-refractivity contribution in [2.75, 3.05) is 6.61 Å². The van der Waals surface area contributed by atoms with Gasteiger partial charge in [0.15, 0.2) is 0 Å². The van der Waals surface area contributed by atoms with E-state index in [0.29, 0.717) is 13.0 Å². The van der Waals surface area contributed by atoms with Gasteiger partial charge in [0.1, 0.15) is 0 Å². The molecule has 0 spiro atoms. The quantitative estimate of drug-likeness (QED) is 0.0669. The predicted octanol–water partition coefficient (Wildman–Crippen LogP) is 11.0. The molecule has 34 heavy (non-hydrogen) atoms. The first-order valence-electron chi connectivity index (χ1n) is 15.3. The zero-order valence-electron chi connectivity index (χ0n) is 23.3. The molecule has 0 radical (unpaired) electrons. The number of hydrogen-bond acceptors (Lipinski definition) is 2. The summed E-state index contributed by atoms with van der Waals surface area (Å²) in [5.74, 6) is 0.0125. The van der Waals surface area contributed by atoms with Gasteiger partial charge >= 0.3 is 5.97 Å². The molecule has 0 aromatic carbocycles. The Morgan fingerprint density at radius 2 is 0.912 bits per heavy atom. The van der Waals surface area contributed by atoms with Crippen LogP contribution in [0.1, 0.15) is 168 Å². The van der Waals surface area contributed by atoms with E-state index in [1.807, 2.05) is 0 Å². The minimum absolute atomic E-state index is 0.0125. The number of unbranched alkanes of at least 4 members (excludes halogenated alkanes) is 19. The third-order valence-electron chi connectivity index (χ3n) is 6.59. The average molecular weight is 477 g/mol. The van der Waals surface area contributed by atoms with Gasteiger partial charge in [-0.2, -0.15) is 0 Å². The fourth-order valence-corrected chi connectivity index (χ4v) is 4.28. The Balaban J connectivity index is 3.23. The maximum Gasteiger partial charge on any atom is 0.305 e. The van der Waals surface area contributed by atoms with Crippen molar-refractivity contribution in [1.29, 1.82) is 0 Å². The zero-order valence-corrected chi connectivity index (χ0v) is 23.3. The average Bonchev–Trinajstić information content (AvgIpc) is 2.84. The van der Waals surface area contributed by atoms with E-state index in [0.717, 1.165) is 19.3 Å². The van der Waals surface area contributed by atoms with Crippen LogP contribution in [-0.4, -0.2) is 12.6 Å². The lowest BCUT2D eigenvalue weighted by Gasteiger charge is -2.05. The first-order valence-corrected chi connectivity index (χ1v) is 15.3. The minimum Gasteiger partial charge on any atom is -0.466 e. The van der Waals surface area contributed by atoms with Crippen LogP contribution < -0.4 is 0 Å². The summed E-state index contributed by atoms with van der Waals surface area (Å²) in [6.45, 7) is 5.14. The van der Waals surface area contributed by atoms with E-state index in [9.17, 15) is 4.79 Å². The summed E-state index contributed by atoms with van der Waals surface area (Å²) in [6.07, 6.45) is 39.3.